The van der Waals surface area contributed by atoms with Crippen molar-refractivity contribution in [3.8, 4) is 5.75 Å². The molecule has 1 atom stereocenters. The second-order valence-electron chi connectivity index (χ2n) is 10.8. The molecule has 0 bridgehead atoms. The quantitative estimate of drug-likeness (QED) is 0.261. The van der Waals surface area contributed by atoms with E-state index in [0.717, 1.165) is 47.5 Å². The molecule has 43 heavy (non-hydrogen) atoms. The van der Waals surface area contributed by atoms with E-state index in [2.05, 4.69) is 5.32 Å². The van der Waals surface area contributed by atoms with Crippen LogP contribution in [0.1, 0.15) is 50.2 Å². The van der Waals surface area contributed by atoms with E-state index in [0.29, 0.717) is 5.75 Å². The van der Waals surface area contributed by atoms with Crippen molar-refractivity contribution in [1.29, 1.82) is 0 Å². The van der Waals surface area contributed by atoms with Crippen LogP contribution in [0.5, 0.6) is 5.75 Å². The highest BCUT2D eigenvalue weighted by Crippen LogP contribution is 2.35. The van der Waals surface area contributed by atoms with Crippen LogP contribution >= 0.6 is 23.2 Å². The first-order valence-corrected chi connectivity index (χ1v) is 16.5. The summed E-state index contributed by atoms with van der Waals surface area (Å²) in [4.78, 5) is 29.0. The molecule has 0 radical (unpaired) electrons. The number of hydrogen-bond acceptors (Lipinski definition) is 5. The Kier molecular flexibility index (Phi) is 11.0. The zero-order valence-corrected chi connectivity index (χ0v) is 26.9. The van der Waals surface area contributed by atoms with E-state index < -0.39 is 28.5 Å². The van der Waals surface area contributed by atoms with Crippen LogP contribution in [0.4, 0.5) is 5.69 Å². The number of sulfonamides is 1. The number of hydrogen-bond donors (Lipinski definition) is 1. The Morgan fingerprint density at radius 1 is 1.00 bits per heavy atom. The fourth-order valence-electron chi connectivity index (χ4n) is 5.15. The van der Waals surface area contributed by atoms with Crippen molar-refractivity contribution in [2.45, 2.75) is 69.5 Å². The molecule has 8 nitrogen and oxygen atoms in total. The molecule has 1 aliphatic carbocycles. The summed E-state index contributed by atoms with van der Waals surface area (Å²) >= 11 is 12.8. The van der Waals surface area contributed by atoms with Crippen LogP contribution in [-0.4, -0.2) is 50.9 Å². The maximum absolute atomic E-state index is 14.2. The molecule has 230 valence electrons. The zero-order valence-electron chi connectivity index (χ0n) is 24.6. The van der Waals surface area contributed by atoms with Crippen molar-refractivity contribution in [1.82, 2.24) is 10.2 Å². The maximum atomic E-state index is 14.2. The Bertz CT molecular complexity index is 1540. The van der Waals surface area contributed by atoms with E-state index in [-0.39, 0.29) is 39.1 Å². The minimum absolute atomic E-state index is 0.00455. The second kappa shape index (κ2) is 14.5. The molecule has 0 unspecified atom stereocenters. The lowest BCUT2D eigenvalue weighted by Crippen LogP contribution is -2.53. The van der Waals surface area contributed by atoms with Crippen LogP contribution in [0.25, 0.3) is 0 Å². The van der Waals surface area contributed by atoms with Crippen molar-refractivity contribution < 1.29 is 22.7 Å². The lowest BCUT2D eigenvalue weighted by molar-refractivity contribution is -0.139. The molecule has 4 rings (SSSR count). The summed E-state index contributed by atoms with van der Waals surface area (Å²) in [5.41, 5.74) is 1.66. The summed E-state index contributed by atoms with van der Waals surface area (Å²) in [7, 11) is -2.72. The Balaban J connectivity index is 1.72. The highest BCUT2D eigenvalue weighted by molar-refractivity contribution is 7.92. The van der Waals surface area contributed by atoms with Crippen LogP contribution in [0, 0.1) is 6.92 Å². The van der Waals surface area contributed by atoms with Gasteiger partial charge in [-0.05, 0) is 68.7 Å². The van der Waals surface area contributed by atoms with Gasteiger partial charge < -0.3 is 15.0 Å². The maximum Gasteiger partial charge on any atom is 0.264 e. The molecule has 0 spiro atoms. The Labute approximate surface area is 264 Å². The van der Waals surface area contributed by atoms with E-state index >= 15 is 0 Å². The first-order chi connectivity index (χ1) is 20.5. The lowest BCUT2D eigenvalue weighted by Gasteiger charge is -2.33. The van der Waals surface area contributed by atoms with Gasteiger partial charge in [0.25, 0.3) is 10.0 Å². The number of halogens is 2. The second-order valence-corrected chi connectivity index (χ2v) is 13.4. The summed E-state index contributed by atoms with van der Waals surface area (Å²) < 4.78 is 34.4. The number of nitrogens with zero attached hydrogens (tertiary/aromatic N) is 2. The van der Waals surface area contributed by atoms with Crippen LogP contribution < -0.4 is 14.4 Å². The van der Waals surface area contributed by atoms with Crippen molar-refractivity contribution >= 4 is 50.7 Å². The molecule has 1 saturated carbocycles. The van der Waals surface area contributed by atoms with Crippen LogP contribution in [0.15, 0.2) is 71.6 Å². The van der Waals surface area contributed by atoms with Crippen molar-refractivity contribution in [3.05, 3.63) is 87.9 Å². The van der Waals surface area contributed by atoms with Crippen molar-refractivity contribution in [2.24, 2.45) is 0 Å². The average molecular weight is 647 g/mol. The van der Waals surface area contributed by atoms with Gasteiger partial charge in [-0.3, -0.25) is 13.9 Å². The van der Waals surface area contributed by atoms with Gasteiger partial charge in [-0.2, -0.15) is 0 Å². The predicted molar refractivity (Wildman–Crippen MR) is 170 cm³/mol. The molecule has 1 aliphatic rings. The van der Waals surface area contributed by atoms with Gasteiger partial charge in [0.05, 0.1) is 27.7 Å². The van der Waals surface area contributed by atoms with Gasteiger partial charge in [-0.1, -0.05) is 78.4 Å². The van der Waals surface area contributed by atoms with Gasteiger partial charge in [0.1, 0.15) is 18.3 Å². The minimum atomic E-state index is -4.27. The molecule has 0 aliphatic heterocycles. The largest absolute Gasteiger partial charge is 0.497 e. The normalized spacial score (nSPS) is 14.5. The number of aryl methyl sites for hydroxylation is 1. The van der Waals surface area contributed by atoms with E-state index in [9.17, 15) is 18.0 Å². The number of anilines is 1. The van der Waals surface area contributed by atoms with Crippen LogP contribution in [-0.2, 0) is 26.2 Å². The van der Waals surface area contributed by atoms with E-state index in [1.807, 2.05) is 13.0 Å². The van der Waals surface area contributed by atoms with E-state index in [1.165, 1.54) is 23.1 Å². The summed E-state index contributed by atoms with van der Waals surface area (Å²) in [5.74, 6) is -0.281. The highest BCUT2D eigenvalue weighted by atomic mass is 35.5. The Hall–Kier alpha value is -3.27. The van der Waals surface area contributed by atoms with Gasteiger partial charge in [0.15, 0.2) is 0 Å². The number of methoxy groups -OCH3 is 1. The topological polar surface area (TPSA) is 96.0 Å². The minimum Gasteiger partial charge on any atom is -0.497 e. The first-order valence-electron chi connectivity index (χ1n) is 14.3. The average Bonchev–Trinajstić information content (AvgIpc) is 3.00. The SMILES string of the molecule is COc1cccc(CN(C(=O)CN(c2cccc(Cl)c2Cl)S(=O)(=O)c2ccc(C)cc2)[C@H](C)C(=O)NC2CCCCC2)c1. The van der Waals surface area contributed by atoms with Gasteiger partial charge in [-0.15, -0.1) is 0 Å². The number of ether oxygens (including phenoxy) is 1. The molecule has 2 amide bonds. The fraction of sp³-hybridized carbons (Fsp3) is 0.375. The van der Waals surface area contributed by atoms with Crippen molar-refractivity contribution in [2.75, 3.05) is 18.0 Å². The van der Waals surface area contributed by atoms with Crippen molar-refractivity contribution in [3.63, 3.8) is 0 Å². The summed E-state index contributed by atoms with van der Waals surface area (Å²) in [6.45, 7) is 2.95. The highest BCUT2D eigenvalue weighted by Gasteiger charge is 2.34. The standard InChI is InChI=1S/C32H37Cl2N3O5S/c1-22-15-17-27(18-16-22)43(40,41)37(29-14-8-13-28(33)31(29)34)21-30(38)36(20-24-9-7-12-26(19-24)42-3)23(2)32(39)35-25-10-5-4-6-11-25/h7-9,12-19,23,25H,4-6,10-11,20-21H2,1-3H3,(H,35,39)/t23-/m1/s1. The summed E-state index contributed by atoms with van der Waals surface area (Å²) in [6, 6.07) is 17.3. The van der Waals surface area contributed by atoms with Crippen LogP contribution in [0.2, 0.25) is 10.0 Å². The smallest absolute Gasteiger partial charge is 0.264 e. The van der Waals surface area contributed by atoms with E-state index in [1.54, 1.807) is 56.5 Å². The number of rotatable bonds is 11. The number of carbonyl (C=O) groups excluding carboxylic acids is 2. The van der Waals surface area contributed by atoms with Gasteiger partial charge in [0, 0.05) is 12.6 Å². The molecule has 11 heteroatoms. The van der Waals surface area contributed by atoms with Gasteiger partial charge in [0.2, 0.25) is 11.8 Å². The summed E-state index contributed by atoms with van der Waals surface area (Å²) in [5, 5.41) is 3.24. The van der Waals surface area contributed by atoms with E-state index in [4.69, 9.17) is 27.9 Å². The Morgan fingerprint density at radius 3 is 2.35 bits per heavy atom. The zero-order chi connectivity index (χ0) is 31.1. The third-order valence-electron chi connectivity index (χ3n) is 7.69. The monoisotopic (exact) mass is 645 g/mol. The fourth-order valence-corrected chi connectivity index (χ4v) is 7.03. The van der Waals surface area contributed by atoms with Gasteiger partial charge >= 0.3 is 0 Å². The summed E-state index contributed by atoms with van der Waals surface area (Å²) in [6.07, 6.45) is 4.99. The molecule has 1 N–H and O–H groups in total. The first kappa shape index (κ1) is 32.6. The molecular weight excluding hydrogens is 609 g/mol. The predicted octanol–water partition coefficient (Wildman–Crippen LogP) is 6.37. The molecule has 3 aromatic carbocycles. The molecule has 1 fully saturated rings. The molecule has 0 saturated heterocycles. The molecular formula is C32H37Cl2N3O5S. The number of benzene rings is 3. The number of nitrogens with one attached hydrogen (secondary N) is 1. The van der Waals surface area contributed by atoms with Gasteiger partial charge in [-0.25, -0.2) is 8.42 Å². The molecule has 0 aromatic heterocycles. The lowest BCUT2D eigenvalue weighted by atomic mass is 9.95. The molecule has 3 aromatic rings. The molecule has 0 heterocycles. The number of carbonyl (C=O) groups is 2. The number of amides is 2. The van der Waals surface area contributed by atoms with Crippen LogP contribution in [0.3, 0.4) is 0 Å². The third-order valence-corrected chi connectivity index (χ3v) is 10.3. The Morgan fingerprint density at radius 2 is 1.67 bits per heavy atom. The third kappa shape index (κ3) is 8.02.